The number of carbonyl (C=O) groups is 1. The van der Waals surface area contributed by atoms with E-state index >= 15 is 0 Å². The number of carbonyl (C=O) groups excluding carboxylic acids is 1. The number of benzene rings is 1. The van der Waals surface area contributed by atoms with Gasteiger partial charge in [-0.2, -0.15) is 0 Å². The summed E-state index contributed by atoms with van der Waals surface area (Å²) in [6.07, 6.45) is 6.38. The van der Waals surface area contributed by atoms with Crippen LogP contribution in [0.5, 0.6) is 0 Å². The lowest BCUT2D eigenvalue weighted by Gasteiger charge is -2.21. The maximum absolute atomic E-state index is 11.7. The Balaban J connectivity index is 2.17. The van der Waals surface area contributed by atoms with E-state index in [0.717, 1.165) is 4.90 Å². The lowest BCUT2D eigenvalue weighted by Crippen LogP contribution is -2.10. The van der Waals surface area contributed by atoms with Gasteiger partial charge in [0.05, 0.1) is 12.7 Å². The van der Waals surface area contributed by atoms with Crippen LogP contribution in [0, 0.1) is 0 Å². The number of hydrogen-bond donors (Lipinski definition) is 1. The van der Waals surface area contributed by atoms with E-state index in [1.807, 2.05) is 12.1 Å². The lowest BCUT2D eigenvalue weighted by atomic mass is 10.0. The van der Waals surface area contributed by atoms with E-state index in [-0.39, 0.29) is 5.97 Å². The Morgan fingerprint density at radius 1 is 1.33 bits per heavy atom. The van der Waals surface area contributed by atoms with Crippen LogP contribution < -0.4 is 5.73 Å². The van der Waals surface area contributed by atoms with E-state index in [2.05, 4.69) is 0 Å². The highest BCUT2D eigenvalue weighted by molar-refractivity contribution is 8.00. The zero-order valence-corrected chi connectivity index (χ0v) is 11.5. The van der Waals surface area contributed by atoms with Crippen LogP contribution in [0.25, 0.3) is 0 Å². The van der Waals surface area contributed by atoms with Crippen molar-refractivity contribution < 1.29 is 9.53 Å². The van der Waals surface area contributed by atoms with Gasteiger partial charge in [0.15, 0.2) is 0 Å². The van der Waals surface area contributed by atoms with Gasteiger partial charge in [0.25, 0.3) is 0 Å². The summed E-state index contributed by atoms with van der Waals surface area (Å²) in [5, 5.41) is 0.616. The summed E-state index contributed by atoms with van der Waals surface area (Å²) in [5.74, 6) is -0.305. The average molecular weight is 265 g/mol. The van der Waals surface area contributed by atoms with Crippen molar-refractivity contribution in [3.63, 3.8) is 0 Å². The normalized spacial score (nSPS) is 16.5. The summed E-state index contributed by atoms with van der Waals surface area (Å²) in [5.41, 5.74) is 6.93. The first-order valence-corrected chi connectivity index (χ1v) is 7.23. The first kappa shape index (κ1) is 13.3. The Morgan fingerprint density at radius 2 is 2.06 bits per heavy atom. The number of rotatable bonds is 3. The average Bonchev–Trinajstić information content (AvgIpc) is 2.41. The van der Waals surface area contributed by atoms with Gasteiger partial charge in [-0.3, -0.25) is 0 Å². The van der Waals surface area contributed by atoms with Crippen LogP contribution >= 0.6 is 11.8 Å². The molecule has 1 aromatic rings. The molecule has 1 aliphatic rings. The molecule has 0 amide bonds. The fourth-order valence-corrected chi connectivity index (χ4v) is 3.63. The molecule has 4 heteroatoms. The third kappa shape index (κ3) is 3.19. The molecule has 1 saturated carbocycles. The van der Waals surface area contributed by atoms with Crippen molar-refractivity contribution >= 4 is 23.4 Å². The number of thioether (sulfide) groups is 1. The fourth-order valence-electron chi connectivity index (χ4n) is 2.28. The summed E-state index contributed by atoms with van der Waals surface area (Å²) >= 11 is 1.79. The highest BCUT2D eigenvalue weighted by atomic mass is 32.2. The van der Waals surface area contributed by atoms with Crippen molar-refractivity contribution in [3.8, 4) is 0 Å². The molecule has 2 N–H and O–H groups in total. The Hall–Kier alpha value is -1.16. The summed E-state index contributed by atoms with van der Waals surface area (Å²) < 4.78 is 4.81. The first-order chi connectivity index (χ1) is 8.70. The van der Waals surface area contributed by atoms with Gasteiger partial charge in [-0.05, 0) is 31.0 Å². The molecule has 0 radical (unpaired) electrons. The highest BCUT2D eigenvalue weighted by Gasteiger charge is 2.19. The van der Waals surface area contributed by atoms with Gasteiger partial charge in [-0.1, -0.05) is 19.3 Å². The number of ether oxygens (including phenoxy) is 1. The molecule has 0 unspecified atom stereocenters. The summed E-state index contributed by atoms with van der Waals surface area (Å²) in [6.45, 7) is 0. The van der Waals surface area contributed by atoms with Gasteiger partial charge in [-0.15, -0.1) is 11.8 Å². The molecule has 1 aliphatic carbocycles. The number of nitrogens with two attached hydrogens (primary N) is 1. The highest BCUT2D eigenvalue weighted by Crippen LogP contribution is 2.36. The molecule has 0 atom stereocenters. The Morgan fingerprint density at radius 3 is 2.72 bits per heavy atom. The molecular weight excluding hydrogens is 246 g/mol. The molecule has 3 nitrogen and oxygen atoms in total. The second-order valence-electron chi connectivity index (χ2n) is 4.63. The summed E-state index contributed by atoms with van der Waals surface area (Å²) in [7, 11) is 1.40. The second kappa shape index (κ2) is 6.14. The van der Waals surface area contributed by atoms with Crippen molar-refractivity contribution in [2.75, 3.05) is 12.8 Å². The fraction of sp³-hybridized carbons (Fsp3) is 0.500. The monoisotopic (exact) mass is 265 g/mol. The standard InChI is InChI=1S/C14H19NO2S/c1-17-14(16)12-9-10(15)7-8-13(12)18-11-5-3-2-4-6-11/h7-9,11H,2-6,15H2,1H3. The van der Waals surface area contributed by atoms with Crippen molar-refractivity contribution in [1.82, 2.24) is 0 Å². The maximum atomic E-state index is 11.7. The molecule has 1 aromatic carbocycles. The zero-order chi connectivity index (χ0) is 13.0. The predicted molar refractivity (Wildman–Crippen MR) is 74.9 cm³/mol. The molecule has 98 valence electrons. The number of nitrogen functional groups attached to an aromatic ring is 1. The van der Waals surface area contributed by atoms with E-state index in [0.29, 0.717) is 16.5 Å². The molecule has 0 bridgehead atoms. The van der Waals surface area contributed by atoms with Crippen molar-refractivity contribution in [1.29, 1.82) is 0 Å². The van der Waals surface area contributed by atoms with E-state index in [1.54, 1.807) is 17.8 Å². The van der Waals surface area contributed by atoms with E-state index in [9.17, 15) is 4.79 Å². The van der Waals surface area contributed by atoms with E-state index in [1.165, 1.54) is 39.2 Å². The SMILES string of the molecule is COC(=O)c1cc(N)ccc1SC1CCCCC1. The number of esters is 1. The number of hydrogen-bond acceptors (Lipinski definition) is 4. The minimum Gasteiger partial charge on any atom is -0.465 e. The maximum Gasteiger partial charge on any atom is 0.339 e. The van der Waals surface area contributed by atoms with Crippen LogP contribution in [0.2, 0.25) is 0 Å². The molecule has 0 heterocycles. The van der Waals surface area contributed by atoms with Crippen LogP contribution in [0.4, 0.5) is 5.69 Å². The number of methoxy groups -OCH3 is 1. The minimum atomic E-state index is -0.305. The molecule has 1 fully saturated rings. The Kier molecular flexibility index (Phi) is 4.53. The zero-order valence-electron chi connectivity index (χ0n) is 10.6. The quantitative estimate of drug-likeness (QED) is 0.671. The largest absolute Gasteiger partial charge is 0.465 e. The van der Waals surface area contributed by atoms with Gasteiger partial charge in [0.2, 0.25) is 0 Å². The van der Waals surface area contributed by atoms with Gasteiger partial charge >= 0.3 is 5.97 Å². The molecule has 0 aliphatic heterocycles. The van der Waals surface area contributed by atoms with Crippen molar-refractivity contribution in [3.05, 3.63) is 23.8 Å². The van der Waals surface area contributed by atoms with Gasteiger partial charge in [0.1, 0.15) is 0 Å². The minimum absolute atomic E-state index is 0.305. The van der Waals surface area contributed by atoms with E-state index in [4.69, 9.17) is 10.5 Å². The van der Waals surface area contributed by atoms with Crippen LogP contribution in [-0.4, -0.2) is 18.3 Å². The summed E-state index contributed by atoms with van der Waals surface area (Å²) in [6, 6.07) is 5.48. The molecule has 0 saturated heterocycles. The first-order valence-electron chi connectivity index (χ1n) is 6.35. The third-order valence-corrected chi connectivity index (χ3v) is 4.67. The topological polar surface area (TPSA) is 52.3 Å². The van der Waals surface area contributed by atoms with Crippen LogP contribution in [0.3, 0.4) is 0 Å². The smallest absolute Gasteiger partial charge is 0.339 e. The van der Waals surface area contributed by atoms with Crippen molar-refractivity contribution in [2.24, 2.45) is 0 Å². The molecule has 2 rings (SSSR count). The Labute approximate surface area is 112 Å². The molecule has 0 spiro atoms. The molecule has 18 heavy (non-hydrogen) atoms. The molecular formula is C14H19NO2S. The van der Waals surface area contributed by atoms with Crippen molar-refractivity contribution in [2.45, 2.75) is 42.2 Å². The van der Waals surface area contributed by atoms with Gasteiger partial charge < -0.3 is 10.5 Å². The lowest BCUT2D eigenvalue weighted by molar-refractivity contribution is 0.0597. The van der Waals surface area contributed by atoms with E-state index < -0.39 is 0 Å². The Bertz CT molecular complexity index is 428. The van der Waals surface area contributed by atoms with Crippen LogP contribution in [-0.2, 0) is 4.74 Å². The van der Waals surface area contributed by atoms with Gasteiger partial charge in [0, 0.05) is 15.8 Å². The summed E-state index contributed by atoms with van der Waals surface area (Å²) in [4.78, 5) is 12.7. The predicted octanol–water partition coefficient (Wildman–Crippen LogP) is 3.48. The molecule has 0 aromatic heterocycles. The second-order valence-corrected chi connectivity index (χ2v) is 5.97. The van der Waals surface area contributed by atoms with Crippen LogP contribution in [0.15, 0.2) is 23.1 Å². The third-order valence-electron chi connectivity index (χ3n) is 3.25. The van der Waals surface area contributed by atoms with Gasteiger partial charge in [-0.25, -0.2) is 4.79 Å². The number of anilines is 1. The van der Waals surface area contributed by atoms with Crippen LogP contribution in [0.1, 0.15) is 42.5 Å².